The van der Waals surface area contributed by atoms with E-state index in [2.05, 4.69) is 30.4 Å². The van der Waals surface area contributed by atoms with Gasteiger partial charge in [-0.25, -0.2) is 9.97 Å². The molecule has 0 atom stereocenters. The highest BCUT2D eigenvalue weighted by Crippen LogP contribution is 2.17. The molecule has 3 rings (SSSR count). The number of piperidine rings is 1. The number of amides is 1. The van der Waals surface area contributed by atoms with Crippen LogP contribution in [0.15, 0.2) is 18.5 Å². The van der Waals surface area contributed by atoms with E-state index in [0.717, 1.165) is 70.6 Å². The molecule has 162 valence electrons. The average molecular weight is 456 g/mol. The van der Waals surface area contributed by atoms with Gasteiger partial charge in [0.2, 0.25) is 11.9 Å². The Morgan fingerprint density at radius 3 is 2.36 bits per heavy atom. The number of rotatable bonds is 7. The second-order valence-electron chi connectivity index (χ2n) is 6.96. The van der Waals surface area contributed by atoms with Crippen LogP contribution in [-0.4, -0.2) is 73.1 Å². The molecule has 2 saturated heterocycles. The molecule has 0 saturated carbocycles. The number of carbonyl (C=O) groups is 1. The predicted octanol–water partition coefficient (Wildman–Crippen LogP) is 1.76. The van der Waals surface area contributed by atoms with Crippen LogP contribution in [0.2, 0.25) is 0 Å². The lowest BCUT2D eigenvalue weighted by atomic mass is 9.93. The topological polar surface area (TPSA) is 73.4 Å². The van der Waals surface area contributed by atoms with Gasteiger partial charge in [-0.2, -0.15) is 0 Å². The van der Waals surface area contributed by atoms with Gasteiger partial charge in [-0.1, -0.05) is 0 Å². The minimum absolute atomic E-state index is 0. The molecule has 2 aliphatic heterocycles. The monoisotopic (exact) mass is 454 g/mol. The summed E-state index contributed by atoms with van der Waals surface area (Å²) in [4.78, 5) is 25.2. The van der Waals surface area contributed by atoms with Crippen molar-refractivity contribution in [1.82, 2.24) is 25.5 Å². The minimum Gasteiger partial charge on any atom is -0.355 e. The minimum atomic E-state index is 0. The molecule has 0 bridgehead atoms. The fourth-order valence-corrected chi connectivity index (χ4v) is 3.57. The predicted molar refractivity (Wildman–Crippen MR) is 120 cm³/mol. The van der Waals surface area contributed by atoms with Gasteiger partial charge in [-0.15, -0.1) is 37.2 Å². The number of hydrogen-bond donors (Lipinski definition) is 2. The van der Waals surface area contributed by atoms with E-state index < -0.39 is 0 Å². The first kappa shape index (κ1) is 27.1. The van der Waals surface area contributed by atoms with E-state index >= 15 is 0 Å². The Labute approximate surface area is 186 Å². The van der Waals surface area contributed by atoms with Gasteiger partial charge in [0.1, 0.15) is 0 Å². The first-order valence-electron chi connectivity index (χ1n) is 9.53. The molecule has 0 radical (unpaired) electrons. The fourth-order valence-electron chi connectivity index (χ4n) is 3.57. The Bertz CT molecular complexity index is 525. The number of anilines is 1. The summed E-state index contributed by atoms with van der Waals surface area (Å²) in [6, 6.07) is 1.84. The largest absolute Gasteiger partial charge is 0.355 e. The first-order chi connectivity index (χ1) is 12.3. The molecule has 0 aromatic carbocycles. The fraction of sp³-hybridized carbons (Fsp3) is 0.722. The van der Waals surface area contributed by atoms with E-state index in [1.165, 1.54) is 12.8 Å². The third-order valence-electron chi connectivity index (χ3n) is 5.20. The molecule has 2 aliphatic rings. The number of aromatic nitrogens is 2. The summed E-state index contributed by atoms with van der Waals surface area (Å²) >= 11 is 0. The number of hydrogen-bond acceptors (Lipinski definition) is 6. The van der Waals surface area contributed by atoms with Crippen LogP contribution in [0.4, 0.5) is 5.95 Å². The van der Waals surface area contributed by atoms with Crippen LogP contribution in [0.3, 0.4) is 0 Å². The van der Waals surface area contributed by atoms with Gasteiger partial charge in [0.15, 0.2) is 0 Å². The zero-order valence-corrected chi connectivity index (χ0v) is 18.7. The van der Waals surface area contributed by atoms with Gasteiger partial charge in [-0.3, -0.25) is 9.69 Å². The molecule has 0 aliphatic carbocycles. The van der Waals surface area contributed by atoms with Crippen molar-refractivity contribution >= 4 is 49.1 Å². The number of nitrogens with one attached hydrogen (secondary N) is 2. The van der Waals surface area contributed by atoms with Crippen LogP contribution in [0, 0.1) is 5.92 Å². The zero-order valence-electron chi connectivity index (χ0n) is 16.2. The molecule has 7 nitrogen and oxygen atoms in total. The molecule has 0 spiro atoms. The first-order valence-corrected chi connectivity index (χ1v) is 9.53. The molecule has 1 amide bonds. The summed E-state index contributed by atoms with van der Waals surface area (Å²) in [6.07, 6.45) is 7.70. The molecule has 1 aromatic heterocycles. The van der Waals surface area contributed by atoms with E-state index in [4.69, 9.17) is 0 Å². The van der Waals surface area contributed by atoms with Gasteiger partial charge < -0.3 is 15.5 Å². The summed E-state index contributed by atoms with van der Waals surface area (Å²) < 4.78 is 0. The second kappa shape index (κ2) is 15.0. The molecule has 3 heterocycles. The lowest BCUT2D eigenvalue weighted by molar-refractivity contribution is -0.121. The Hall–Kier alpha value is -0.860. The summed E-state index contributed by atoms with van der Waals surface area (Å²) in [5, 5.41) is 6.45. The smallest absolute Gasteiger partial charge is 0.225 e. The highest BCUT2D eigenvalue weighted by Gasteiger charge is 2.18. The van der Waals surface area contributed by atoms with Crippen LogP contribution >= 0.6 is 37.2 Å². The van der Waals surface area contributed by atoms with Crippen molar-refractivity contribution in [3.8, 4) is 0 Å². The maximum atomic E-state index is 12.0. The second-order valence-corrected chi connectivity index (χ2v) is 6.96. The van der Waals surface area contributed by atoms with Crippen molar-refractivity contribution in [1.29, 1.82) is 0 Å². The van der Waals surface area contributed by atoms with Crippen LogP contribution < -0.4 is 15.5 Å². The molecule has 1 aromatic rings. The van der Waals surface area contributed by atoms with Gasteiger partial charge in [0, 0.05) is 58.1 Å². The zero-order chi connectivity index (χ0) is 17.3. The molecule has 28 heavy (non-hydrogen) atoms. The Morgan fingerprint density at radius 1 is 1.07 bits per heavy atom. The Morgan fingerprint density at radius 2 is 1.71 bits per heavy atom. The number of nitrogens with zero attached hydrogens (tertiary/aromatic N) is 4. The highest BCUT2D eigenvalue weighted by molar-refractivity contribution is 5.86. The van der Waals surface area contributed by atoms with Crippen LogP contribution in [0.5, 0.6) is 0 Å². The lowest BCUT2D eigenvalue weighted by Crippen LogP contribution is -2.49. The molecule has 2 fully saturated rings. The van der Waals surface area contributed by atoms with E-state index in [1.807, 2.05) is 6.07 Å². The SMILES string of the molecule is Cl.Cl.Cl.O=C(CCC1CCNCC1)NCCN1CCN(c2ncccn2)CC1. The van der Waals surface area contributed by atoms with Crippen LogP contribution in [-0.2, 0) is 4.79 Å². The van der Waals surface area contributed by atoms with Crippen molar-refractivity contribution in [2.45, 2.75) is 25.7 Å². The van der Waals surface area contributed by atoms with Crippen LogP contribution in [0.1, 0.15) is 25.7 Å². The maximum Gasteiger partial charge on any atom is 0.225 e. The van der Waals surface area contributed by atoms with Crippen molar-refractivity contribution in [2.75, 3.05) is 57.3 Å². The van der Waals surface area contributed by atoms with E-state index in [-0.39, 0.29) is 43.1 Å². The standard InChI is InChI=1S/C18H30N6O.3ClH/c25-17(3-2-16-4-8-19-9-5-16)20-10-11-23-12-14-24(15-13-23)18-21-6-1-7-22-18;;;/h1,6-7,16,19H,2-5,8-15H2,(H,20,25);3*1H. The third-order valence-corrected chi connectivity index (χ3v) is 5.20. The maximum absolute atomic E-state index is 12.0. The third kappa shape index (κ3) is 9.09. The lowest BCUT2D eigenvalue weighted by Gasteiger charge is -2.34. The molecular formula is C18H33Cl3N6O. The normalized spacial score (nSPS) is 17.6. The van der Waals surface area contributed by atoms with E-state index in [0.29, 0.717) is 6.42 Å². The van der Waals surface area contributed by atoms with Gasteiger partial charge in [0.25, 0.3) is 0 Å². The van der Waals surface area contributed by atoms with E-state index in [1.54, 1.807) is 12.4 Å². The molecule has 2 N–H and O–H groups in total. The van der Waals surface area contributed by atoms with Gasteiger partial charge >= 0.3 is 0 Å². The summed E-state index contributed by atoms with van der Waals surface area (Å²) in [6.45, 7) is 7.72. The Kier molecular flexibility index (Phi) is 14.6. The van der Waals surface area contributed by atoms with Gasteiger partial charge in [0.05, 0.1) is 0 Å². The van der Waals surface area contributed by atoms with Crippen LogP contribution in [0.25, 0.3) is 0 Å². The summed E-state index contributed by atoms with van der Waals surface area (Å²) in [7, 11) is 0. The number of piperazine rings is 1. The van der Waals surface area contributed by atoms with Crippen molar-refractivity contribution in [2.24, 2.45) is 5.92 Å². The highest BCUT2D eigenvalue weighted by atomic mass is 35.5. The summed E-state index contributed by atoms with van der Waals surface area (Å²) in [5.74, 6) is 1.74. The molecule has 10 heteroatoms. The molecular weight excluding hydrogens is 423 g/mol. The summed E-state index contributed by atoms with van der Waals surface area (Å²) in [5.41, 5.74) is 0. The molecule has 0 unspecified atom stereocenters. The quantitative estimate of drug-likeness (QED) is 0.653. The van der Waals surface area contributed by atoms with Crippen molar-refractivity contribution < 1.29 is 4.79 Å². The van der Waals surface area contributed by atoms with Crippen molar-refractivity contribution in [3.63, 3.8) is 0 Å². The van der Waals surface area contributed by atoms with E-state index in [9.17, 15) is 4.79 Å². The van der Waals surface area contributed by atoms with Crippen molar-refractivity contribution in [3.05, 3.63) is 18.5 Å². The number of carbonyl (C=O) groups excluding carboxylic acids is 1. The Balaban J connectivity index is 0.00000243. The van der Waals surface area contributed by atoms with Gasteiger partial charge in [-0.05, 0) is 44.3 Å². The average Bonchev–Trinajstić information content (AvgIpc) is 2.68. The number of halogens is 3.